The third-order valence-corrected chi connectivity index (χ3v) is 1.90. The highest BCUT2D eigenvalue weighted by Gasteiger charge is 2.12. The molecule has 4 nitrogen and oxygen atoms in total. The second kappa shape index (κ2) is 4.92. The lowest BCUT2D eigenvalue weighted by Crippen LogP contribution is -2.11. The first-order valence-corrected chi connectivity index (χ1v) is 5.05. The van der Waals surface area contributed by atoms with E-state index >= 15 is 0 Å². The summed E-state index contributed by atoms with van der Waals surface area (Å²) in [6.45, 7) is 1.94. The Labute approximate surface area is 71.5 Å². The number of halogens is 1. The van der Waals surface area contributed by atoms with Crippen LogP contribution in [-0.4, -0.2) is 18.5 Å². The molecule has 0 heterocycles. The molecule has 0 saturated heterocycles. The van der Waals surface area contributed by atoms with Crippen molar-refractivity contribution in [2.24, 2.45) is 0 Å². The van der Waals surface area contributed by atoms with Gasteiger partial charge in [0.1, 0.15) is 0 Å². The first kappa shape index (κ1) is 11.2. The van der Waals surface area contributed by atoms with Crippen molar-refractivity contribution >= 4 is 22.0 Å². The van der Waals surface area contributed by atoms with Crippen LogP contribution < -0.4 is 0 Å². The van der Waals surface area contributed by atoms with Crippen molar-refractivity contribution in [2.75, 3.05) is 0 Å². The van der Waals surface area contributed by atoms with E-state index < -0.39 is 16.0 Å². The Morgan fingerprint density at radius 2 is 2.18 bits per heavy atom. The monoisotopic (exact) mass is 202 g/mol. The van der Waals surface area contributed by atoms with Crippen molar-refractivity contribution in [3.05, 3.63) is 0 Å². The zero-order valence-corrected chi connectivity index (χ0v) is 7.73. The fraction of sp³-hybridized carbons (Fsp3) is 1.00. The molecule has 68 valence electrons. The standard InChI is InChI=1S/C5H11ClO4S/c1-2-3-4-5(6)10-11(7,8)9/h5H,2-4H2,1H3,(H,7,8,9). The van der Waals surface area contributed by atoms with Gasteiger partial charge < -0.3 is 0 Å². The van der Waals surface area contributed by atoms with E-state index in [0.29, 0.717) is 6.42 Å². The minimum Gasteiger partial charge on any atom is -0.263 e. The Morgan fingerprint density at radius 3 is 2.55 bits per heavy atom. The molecule has 0 amide bonds. The smallest absolute Gasteiger partial charge is 0.263 e. The Balaban J connectivity index is 3.61. The van der Waals surface area contributed by atoms with Crippen LogP contribution in [0.5, 0.6) is 0 Å². The highest BCUT2D eigenvalue weighted by atomic mass is 35.5. The molecule has 0 rings (SSSR count). The molecule has 1 N–H and O–H groups in total. The summed E-state index contributed by atoms with van der Waals surface area (Å²) in [4.78, 5) is 0. The number of hydrogen-bond donors (Lipinski definition) is 1. The zero-order chi connectivity index (χ0) is 8.91. The van der Waals surface area contributed by atoms with E-state index in [0.717, 1.165) is 12.8 Å². The van der Waals surface area contributed by atoms with E-state index in [1.807, 2.05) is 6.92 Å². The summed E-state index contributed by atoms with van der Waals surface area (Å²) in [7, 11) is -4.39. The largest absolute Gasteiger partial charge is 0.398 e. The maximum absolute atomic E-state index is 10.1. The van der Waals surface area contributed by atoms with E-state index in [1.54, 1.807) is 0 Å². The van der Waals surface area contributed by atoms with E-state index in [1.165, 1.54) is 0 Å². The Hall–Kier alpha value is 0.160. The van der Waals surface area contributed by atoms with Crippen LogP contribution in [0.25, 0.3) is 0 Å². The van der Waals surface area contributed by atoms with Gasteiger partial charge in [-0.25, -0.2) is 4.18 Å². The first-order chi connectivity index (χ1) is 4.95. The van der Waals surface area contributed by atoms with Crippen LogP contribution in [0.3, 0.4) is 0 Å². The lowest BCUT2D eigenvalue weighted by molar-refractivity contribution is 0.233. The fourth-order valence-corrected chi connectivity index (χ4v) is 1.33. The van der Waals surface area contributed by atoms with Gasteiger partial charge in [-0.15, -0.1) is 0 Å². The number of alkyl halides is 1. The summed E-state index contributed by atoms with van der Waals surface area (Å²) in [5.41, 5.74) is -0.954. The molecule has 1 atom stereocenters. The molecule has 6 heteroatoms. The Morgan fingerprint density at radius 1 is 1.64 bits per heavy atom. The molecular formula is C5H11ClO4S. The van der Waals surface area contributed by atoms with Crippen LogP contribution in [0.4, 0.5) is 0 Å². The molecule has 11 heavy (non-hydrogen) atoms. The zero-order valence-electron chi connectivity index (χ0n) is 6.16. The maximum atomic E-state index is 10.1. The number of hydrogen-bond acceptors (Lipinski definition) is 3. The van der Waals surface area contributed by atoms with E-state index in [9.17, 15) is 8.42 Å². The molecule has 0 spiro atoms. The normalized spacial score (nSPS) is 14.8. The predicted octanol–water partition coefficient (Wildman–Crippen LogP) is 1.56. The summed E-state index contributed by atoms with van der Waals surface area (Å²) >= 11 is 5.38. The van der Waals surface area contributed by atoms with Gasteiger partial charge >= 0.3 is 10.4 Å². The average Bonchev–Trinajstić information content (AvgIpc) is 1.79. The molecular weight excluding hydrogens is 192 g/mol. The van der Waals surface area contributed by atoms with Crippen LogP contribution in [0, 0.1) is 0 Å². The van der Waals surface area contributed by atoms with Crippen LogP contribution in [-0.2, 0) is 14.6 Å². The highest BCUT2D eigenvalue weighted by Crippen LogP contribution is 2.10. The molecule has 0 aromatic carbocycles. The summed E-state index contributed by atoms with van der Waals surface area (Å²) in [6.07, 6.45) is 2.08. The second-order valence-electron chi connectivity index (χ2n) is 2.08. The fourth-order valence-electron chi connectivity index (χ4n) is 0.545. The van der Waals surface area contributed by atoms with Gasteiger partial charge in [-0.2, -0.15) is 8.42 Å². The van der Waals surface area contributed by atoms with Crippen LogP contribution in [0.15, 0.2) is 0 Å². The Bertz CT molecular complexity index is 189. The van der Waals surface area contributed by atoms with Gasteiger partial charge in [0.05, 0.1) is 0 Å². The van der Waals surface area contributed by atoms with Crippen molar-refractivity contribution < 1.29 is 17.2 Å². The van der Waals surface area contributed by atoms with Crippen molar-refractivity contribution in [1.29, 1.82) is 0 Å². The average molecular weight is 203 g/mol. The SMILES string of the molecule is CCCCC(Cl)OS(=O)(=O)O. The molecule has 1 unspecified atom stereocenters. The second-order valence-corrected chi connectivity index (χ2v) is 3.61. The van der Waals surface area contributed by atoms with Gasteiger partial charge in [-0.1, -0.05) is 24.9 Å². The number of unbranched alkanes of at least 4 members (excludes halogenated alkanes) is 1. The minimum atomic E-state index is -4.39. The van der Waals surface area contributed by atoms with Crippen molar-refractivity contribution in [1.82, 2.24) is 0 Å². The highest BCUT2D eigenvalue weighted by molar-refractivity contribution is 7.80. The molecule has 0 saturated carbocycles. The van der Waals surface area contributed by atoms with Crippen LogP contribution in [0.1, 0.15) is 26.2 Å². The molecule has 0 fully saturated rings. The first-order valence-electron chi connectivity index (χ1n) is 3.25. The summed E-state index contributed by atoms with van der Waals surface area (Å²) < 4.78 is 32.3. The molecule has 0 radical (unpaired) electrons. The van der Waals surface area contributed by atoms with Crippen molar-refractivity contribution in [2.45, 2.75) is 31.7 Å². The van der Waals surface area contributed by atoms with Gasteiger partial charge in [0.25, 0.3) is 0 Å². The van der Waals surface area contributed by atoms with E-state index in [2.05, 4.69) is 4.18 Å². The summed E-state index contributed by atoms with van der Waals surface area (Å²) in [6, 6.07) is 0. The third kappa shape index (κ3) is 8.06. The van der Waals surface area contributed by atoms with E-state index in [4.69, 9.17) is 16.2 Å². The maximum Gasteiger partial charge on any atom is 0.398 e. The third-order valence-electron chi connectivity index (χ3n) is 1.01. The van der Waals surface area contributed by atoms with Gasteiger partial charge in [-0.3, -0.25) is 4.55 Å². The predicted molar refractivity (Wildman–Crippen MR) is 41.8 cm³/mol. The Kier molecular flexibility index (Phi) is 4.99. The lowest BCUT2D eigenvalue weighted by Gasteiger charge is -2.05. The van der Waals surface area contributed by atoms with Crippen LogP contribution >= 0.6 is 11.6 Å². The summed E-state index contributed by atoms with van der Waals surface area (Å²) in [5, 5.41) is 0. The van der Waals surface area contributed by atoms with Crippen molar-refractivity contribution in [3.8, 4) is 0 Å². The topological polar surface area (TPSA) is 63.6 Å². The van der Waals surface area contributed by atoms with Gasteiger partial charge in [0.15, 0.2) is 5.56 Å². The summed E-state index contributed by atoms with van der Waals surface area (Å²) in [5.74, 6) is 0. The number of rotatable bonds is 5. The molecule has 0 aromatic heterocycles. The molecule has 0 aliphatic heterocycles. The van der Waals surface area contributed by atoms with Gasteiger partial charge in [-0.05, 0) is 12.8 Å². The minimum absolute atomic E-state index is 0.415. The van der Waals surface area contributed by atoms with E-state index in [-0.39, 0.29) is 0 Å². The quantitative estimate of drug-likeness (QED) is 0.543. The van der Waals surface area contributed by atoms with Gasteiger partial charge in [0.2, 0.25) is 0 Å². The molecule has 0 aromatic rings. The lowest BCUT2D eigenvalue weighted by atomic mass is 10.3. The molecule has 0 bridgehead atoms. The van der Waals surface area contributed by atoms with Gasteiger partial charge in [0, 0.05) is 0 Å². The van der Waals surface area contributed by atoms with Crippen molar-refractivity contribution in [3.63, 3.8) is 0 Å². The molecule has 0 aliphatic carbocycles. The van der Waals surface area contributed by atoms with Crippen LogP contribution in [0.2, 0.25) is 0 Å². The molecule has 0 aliphatic rings.